The Labute approximate surface area is 198 Å². The Hall–Kier alpha value is -3.65. The van der Waals surface area contributed by atoms with E-state index in [2.05, 4.69) is 22.8 Å². The highest BCUT2D eigenvalue weighted by Gasteiger charge is 2.31. The summed E-state index contributed by atoms with van der Waals surface area (Å²) in [6.07, 6.45) is 3.52. The maximum atomic E-state index is 12.8. The first kappa shape index (κ1) is 23.5. The lowest BCUT2D eigenvalue weighted by Crippen LogP contribution is -2.52. The first-order valence-corrected chi connectivity index (χ1v) is 11.3. The molecule has 0 spiro atoms. The van der Waals surface area contributed by atoms with Gasteiger partial charge < -0.3 is 25.2 Å². The molecule has 2 aliphatic rings. The van der Waals surface area contributed by atoms with E-state index in [1.807, 2.05) is 36.4 Å². The first-order chi connectivity index (χ1) is 16.5. The fourth-order valence-corrected chi connectivity index (χ4v) is 4.61. The fraction of sp³-hybridized carbons (Fsp3) is 0.346. The maximum absolute atomic E-state index is 12.8. The molecule has 2 amide bonds. The van der Waals surface area contributed by atoms with E-state index < -0.39 is 36.0 Å². The van der Waals surface area contributed by atoms with Crippen LogP contribution >= 0.6 is 0 Å². The summed E-state index contributed by atoms with van der Waals surface area (Å²) in [4.78, 5) is 36.6. The molecule has 3 N–H and O–H groups in total. The summed E-state index contributed by atoms with van der Waals surface area (Å²) in [6.45, 7) is 0.0850. The van der Waals surface area contributed by atoms with Crippen molar-refractivity contribution in [1.82, 2.24) is 10.6 Å². The van der Waals surface area contributed by atoms with Crippen molar-refractivity contribution in [2.24, 2.45) is 5.92 Å². The number of hydrogen-bond acceptors (Lipinski definition) is 5. The Morgan fingerprint density at radius 2 is 1.71 bits per heavy atom. The molecule has 0 aliphatic heterocycles. The summed E-state index contributed by atoms with van der Waals surface area (Å²) >= 11 is 0. The van der Waals surface area contributed by atoms with Crippen LogP contribution in [0.3, 0.4) is 0 Å². The molecule has 0 heterocycles. The molecule has 2 aliphatic carbocycles. The summed E-state index contributed by atoms with van der Waals surface area (Å²) < 4.78 is 10.6. The van der Waals surface area contributed by atoms with Crippen LogP contribution in [0, 0.1) is 5.92 Å². The third kappa shape index (κ3) is 5.12. The van der Waals surface area contributed by atoms with Crippen molar-refractivity contribution in [2.75, 3.05) is 20.3 Å². The fourth-order valence-electron chi connectivity index (χ4n) is 4.61. The molecule has 0 saturated heterocycles. The minimum Gasteiger partial charge on any atom is -0.481 e. The molecule has 2 aromatic rings. The number of benzene rings is 2. The zero-order valence-corrected chi connectivity index (χ0v) is 18.9. The van der Waals surface area contributed by atoms with E-state index in [9.17, 15) is 19.5 Å². The number of rotatable bonds is 8. The summed E-state index contributed by atoms with van der Waals surface area (Å²) in [6, 6.07) is 14.7. The average Bonchev–Trinajstić information content (AvgIpc) is 3.16. The van der Waals surface area contributed by atoms with Crippen LogP contribution in [-0.4, -0.2) is 55.5 Å². The Bertz CT molecular complexity index is 1050. The van der Waals surface area contributed by atoms with Gasteiger partial charge in [0, 0.05) is 19.1 Å². The van der Waals surface area contributed by atoms with Crippen molar-refractivity contribution in [3.63, 3.8) is 0 Å². The van der Waals surface area contributed by atoms with Gasteiger partial charge in [0.15, 0.2) is 0 Å². The largest absolute Gasteiger partial charge is 0.481 e. The van der Waals surface area contributed by atoms with Crippen LogP contribution in [-0.2, 0) is 19.1 Å². The average molecular weight is 465 g/mol. The predicted molar refractivity (Wildman–Crippen MR) is 125 cm³/mol. The van der Waals surface area contributed by atoms with E-state index in [1.54, 1.807) is 12.2 Å². The molecule has 0 aromatic heterocycles. The van der Waals surface area contributed by atoms with Gasteiger partial charge in [-0.1, -0.05) is 60.7 Å². The molecule has 2 aromatic carbocycles. The zero-order chi connectivity index (χ0) is 24.1. The number of hydrogen-bond donors (Lipinski definition) is 3. The molecule has 4 rings (SSSR count). The third-order valence-corrected chi connectivity index (χ3v) is 6.29. The molecule has 0 saturated carbocycles. The van der Waals surface area contributed by atoms with Gasteiger partial charge in [-0.25, -0.2) is 4.79 Å². The molecule has 34 heavy (non-hydrogen) atoms. The van der Waals surface area contributed by atoms with Crippen LogP contribution in [0.25, 0.3) is 11.1 Å². The number of carbonyl (C=O) groups excluding carboxylic acids is 2. The van der Waals surface area contributed by atoms with E-state index in [1.165, 1.54) is 7.11 Å². The van der Waals surface area contributed by atoms with E-state index >= 15 is 0 Å². The molecule has 178 valence electrons. The summed E-state index contributed by atoms with van der Waals surface area (Å²) in [7, 11) is 1.43. The number of carbonyl (C=O) groups is 3. The molecule has 0 radical (unpaired) electrons. The second kappa shape index (κ2) is 10.5. The van der Waals surface area contributed by atoms with E-state index in [4.69, 9.17) is 9.47 Å². The van der Waals surface area contributed by atoms with Gasteiger partial charge in [0.05, 0.1) is 12.5 Å². The number of alkyl carbamates (subject to hydrolysis) is 1. The van der Waals surface area contributed by atoms with Gasteiger partial charge in [-0.05, 0) is 35.1 Å². The minimum atomic E-state index is -0.973. The van der Waals surface area contributed by atoms with Gasteiger partial charge >= 0.3 is 12.1 Å². The minimum absolute atomic E-state index is 0.0468. The summed E-state index contributed by atoms with van der Waals surface area (Å²) in [5, 5.41) is 14.6. The Morgan fingerprint density at radius 3 is 2.32 bits per heavy atom. The molecule has 3 atom stereocenters. The normalized spacial score (nSPS) is 19.6. The lowest BCUT2D eigenvalue weighted by molar-refractivity contribution is -0.142. The van der Waals surface area contributed by atoms with Crippen LogP contribution in [0.2, 0.25) is 0 Å². The highest BCUT2D eigenvalue weighted by Crippen LogP contribution is 2.44. The zero-order valence-electron chi connectivity index (χ0n) is 18.9. The maximum Gasteiger partial charge on any atom is 0.407 e. The molecule has 1 unspecified atom stereocenters. The van der Waals surface area contributed by atoms with Crippen molar-refractivity contribution < 1.29 is 29.0 Å². The number of methoxy groups -OCH3 is 1. The summed E-state index contributed by atoms with van der Waals surface area (Å²) in [5.41, 5.74) is 4.45. The van der Waals surface area contributed by atoms with E-state index in [-0.39, 0.29) is 19.1 Å². The lowest BCUT2D eigenvalue weighted by atomic mass is 9.91. The topological polar surface area (TPSA) is 114 Å². The van der Waals surface area contributed by atoms with Gasteiger partial charge in [0.25, 0.3) is 0 Å². The number of ether oxygens (including phenoxy) is 2. The number of amides is 2. The van der Waals surface area contributed by atoms with Crippen LogP contribution in [0.1, 0.15) is 29.9 Å². The van der Waals surface area contributed by atoms with Crippen LogP contribution in [0.5, 0.6) is 0 Å². The predicted octanol–water partition coefficient (Wildman–Crippen LogP) is 3.08. The standard InChI is InChI=1S/C26H28N2O6/c1-33-15-23(24(29)27-17-8-6-7-16(13-17)25(30)31)28-26(32)34-14-22-20-11-4-2-9-18(20)19-10-3-5-12-21(19)22/h2-6,8-12,16-17,22-23H,7,13-15H2,1H3,(H,27,29)(H,28,32)(H,30,31)/t16-,17-,23?/m1/s1. The number of carboxylic acids is 1. The number of nitrogens with one attached hydrogen (secondary N) is 2. The number of aliphatic carboxylic acids is 1. The van der Waals surface area contributed by atoms with Crippen LogP contribution < -0.4 is 10.6 Å². The number of carboxylic acid groups (broad SMARTS) is 1. The molecule has 0 fully saturated rings. The molecular formula is C26H28N2O6. The second-order valence-electron chi connectivity index (χ2n) is 8.53. The van der Waals surface area contributed by atoms with E-state index in [0.717, 1.165) is 22.3 Å². The van der Waals surface area contributed by atoms with Gasteiger partial charge in [0.2, 0.25) is 5.91 Å². The van der Waals surface area contributed by atoms with Gasteiger partial charge in [-0.2, -0.15) is 0 Å². The van der Waals surface area contributed by atoms with Crippen molar-refractivity contribution in [3.05, 3.63) is 71.8 Å². The smallest absolute Gasteiger partial charge is 0.407 e. The van der Waals surface area contributed by atoms with Crippen molar-refractivity contribution in [1.29, 1.82) is 0 Å². The first-order valence-electron chi connectivity index (χ1n) is 11.3. The Morgan fingerprint density at radius 1 is 1.06 bits per heavy atom. The Kier molecular flexibility index (Phi) is 7.27. The molecular weight excluding hydrogens is 436 g/mol. The molecule has 0 bridgehead atoms. The SMILES string of the molecule is COCC(NC(=O)OCC1c2ccccc2-c2ccccc21)C(=O)N[C@@H]1C=CC[C@@H](C(=O)O)C1. The molecule has 8 nitrogen and oxygen atoms in total. The highest BCUT2D eigenvalue weighted by atomic mass is 16.5. The van der Waals surface area contributed by atoms with Crippen molar-refractivity contribution in [3.8, 4) is 11.1 Å². The van der Waals surface area contributed by atoms with Gasteiger partial charge in [-0.15, -0.1) is 0 Å². The number of allylic oxidation sites excluding steroid dienone is 1. The van der Waals surface area contributed by atoms with Gasteiger partial charge in [-0.3, -0.25) is 9.59 Å². The van der Waals surface area contributed by atoms with Gasteiger partial charge in [0.1, 0.15) is 12.6 Å². The number of fused-ring (bicyclic) bond motifs is 3. The summed E-state index contributed by atoms with van der Waals surface area (Å²) in [5.74, 6) is -2.00. The van der Waals surface area contributed by atoms with Crippen LogP contribution in [0.4, 0.5) is 4.79 Å². The molecule has 8 heteroatoms. The second-order valence-corrected chi connectivity index (χ2v) is 8.53. The van der Waals surface area contributed by atoms with E-state index in [0.29, 0.717) is 12.8 Å². The van der Waals surface area contributed by atoms with Crippen molar-refractivity contribution >= 4 is 18.0 Å². The van der Waals surface area contributed by atoms with Crippen molar-refractivity contribution in [2.45, 2.75) is 30.8 Å². The quantitative estimate of drug-likeness (QED) is 0.518. The monoisotopic (exact) mass is 464 g/mol. The third-order valence-electron chi connectivity index (χ3n) is 6.29. The highest BCUT2D eigenvalue weighted by molar-refractivity contribution is 5.86. The Balaban J connectivity index is 1.36. The lowest BCUT2D eigenvalue weighted by Gasteiger charge is -2.25. The van der Waals surface area contributed by atoms with Crippen LogP contribution in [0.15, 0.2) is 60.7 Å².